The lowest BCUT2D eigenvalue weighted by atomic mass is 9.88. The number of aryl methyl sites for hydroxylation is 1. The van der Waals surface area contributed by atoms with Crippen LogP contribution in [0.25, 0.3) is 0 Å². The standard InChI is InChI=1S/C22H29NO3/c1-16-8-6-10-18(14-16)26-21-13-7-11-19(22(21)24)23(2)15-17-9-4-5-12-20(17)25-3/h4-6,8-10,12,14,19,21-22,24H,7,11,13,15H2,1-3H3/t19-,21+,22+/m0/s1. The Morgan fingerprint density at radius 3 is 2.69 bits per heavy atom. The van der Waals surface area contributed by atoms with Crippen LogP contribution in [0.2, 0.25) is 0 Å². The number of nitrogens with zero attached hydrogens (tertiary/aromatic N) is 1. The third-order valence-electron chi connectivity index (χ3n) is 5.22. The molecule has 2 aromatic rings. The Bertz CT molecular complexity index is 718. The zero-order chi connectivity index (χ0) is 18.5. The number of aliphatic hydroxyl groups excluding tert-OH is 1. The topological polar surface area (TPSA) is 41.9 Å². The summed E-state index contributed by atoms with van der Waals surface area (Å²) in [5.74, 6) is 1.72. The van der Waals surface area contributed by atoms with Gasteiger partial charge in [-0.1, -0.05) is 30.3 Å². The Morgan fingerprint density at radius 2 is 1.92 bits per heavy atom. The fraction of sp³-hybridized carbons (Fsp3) is 0.455. The highest BCUT2D eigenvalue weighted by atomic mass is 16.5. The van der Waals surface area contributed by atoms with Crippen LogP contribution in [0.5, 0.6) is 11.5 Å². The minimum atomic E-state index is -0.510. The van der Waals surface area contributed by atoms with Crippen molar-refractivity contribution < 1.29 is 14.6 Å². The van der Waals surface area contributed by atoms with Crippen LogP contribution in [0.3, 0.4) is 0 Å². The minimum Gasteiger partial charge on any atom is -0.496 e. The Kier molecular flexibility index (Phi) is 6.17. The molecule has 1 saturated carbocycles. The third-order valence-corrected chi connectivity index (χ3v) is 5.22. The average molecular weight is 355 g/mol. The first kappa shape index (κ1) is 18.7. The summed E-state index contributed by atoms with van der Waals surface area (Å²) in [6.07, 6.45) is 2.22. The van der Waals surface area contributed by atoms with Crippen LogP contribution in [-0.4, -0.2) is 42.4 Å². The summed E-state index contributed by atoms with van der Waals surface area (Å²) < 4.78 is 11.6. The molecule has 140 valence electrons. The molecule has 0 aliphatic heterocycles. The SMILES string of the molecule is COc1ccccc1CN(C)[C@H]1CCC[C@@H](Oc2cccc(C)c2)[C@@H]1O. The van der Waals surface area contributed by atoms with Gasteiger partial charge in [-0.2, -0.15) is 0 Å². The molecule has 0 amide bonds. The summed E-state index contributed by atoms with van der Waals surface area (Å²) in [5, 5.41) is 10.9. The zero-order valence-corrected chi connectivity index (χ0v) is 15.9. The van der Waals surface area contributed by atoms with Gasteiger partial charge >= 0.3 is 0 Å². The Hall–Kier alpha value is -2.04. The number of hydrogen-bond acceptors (Lipinski definition) is 4. The van der Waals surface area contributed by atoms with Gasteiger partial charge in [-0.05, 0) is 57.0 Å². The first-order chi connectivity index (χ1) is 12.6. The van der Waals surface area contributed by atoms with Crippen LogP contribution in [0.1, 0.15) is 30.4 Å². The van der Waals surface area contributed by atoms with E-state index in [1.54, 1.807) is 7.11 Å². The van der Waals surface area contributed by atoms with E-state index in [-0.39, 0.29) is 12.1 Å². The normalized spacial score (nSPS) is 23.0. The van der Waals surface area contributed by atoms with Gasteiger partial charge in [0.05, 0.1) is 7.11 Å². The second-order valence-electron chi connectivity index (χ2n) is 7.19. The fourth-order valence-electron chi connectivity index (χ4n) is 3.81. The Labute approximate surface area is 156 Å². The van der Waals surface area contributed by atoms with E-state index in [4.69, 9.17) is 9.47 Å². The maximum Gasteiger partial charge on any atom is 0.126 e. The van der Waals surface area contributed by atoms with Crippen LogP contribution in [0, 0.1) is 6.92 Å². The van der Waals surface area contributed by atoms with Crippen molar-refractivity contribution in [3.05, 3.63) is 59.7 Å². The fourth-order valence-corrected chi connectivity index (χ4v) is 3.81. The molecule has 3 atom stereocenters. The van der Waals surface area contributed by atoms with Gasteiger partial charge in [-0.15, -0.1) is 0 Å². The minimum absolute atomic E-state index is 0.0727. The van der Waals surface area contributed by atoms with Crippen molar-refractivity contribution >= 4 is 0 Å². The first-order valence-electron chi connectivity index (χ1n) is 9.32. The van der Waals surface area contributed by atoms with Crippen LogP contribution in [0.4, 0.5) is 0 Å². The molecule has 4 nitrogen and oxygen atoms in total. The molecule has 26 heavy (non-hydrogen) atoms. The van der Waals surface area contributed by atoms with Crippen LogP contribution in [-0.2, 0) is 6.54 Å². The van der Waals surface area contributed by atoms with Gasteiger partial charge in [0, 0.05) is 18.2 Å². The number of aliphatic hydroxyl groups is 1. The number of para-hydroxylation sites is 1. The summed E-state index contributed by atoms with van der Waals surface area (Å²) in [4.78, 5) is 2.22. The van der Waals surface area contributed by atoms with Gasteiger partial charge in [0.15, 0.2) is 0 Å². The molecule has 1 N–H and O–H groups in total. The molecule has 1 aliphatic rings. The van der Waals surface area contributed by atoms with E-state index in [1.807, 2.05) is 49.4 Å². The van der Waals surface area contributed by atoms with E-state index in [1.165, 1.54) is 0 Å². The van der Waals surface area contributed by atoms with Crippen molar-refractivity contribution in [3.8, 4) is 11.5 Å². The lowest BCUT2D eigenvalue weighted by Gasteiger charge is -2.39. The van der Waals surface area contributed by atoms with Crippen molar-refractivity contribution in [1.29, 1.82) is 0 Å². The number of ether oxygens (including phenoxy) is 2. The lowest BCUT2D eigenvalue weighted by molar-refractivity contribution is -0.0492. The molecule has 0 bridgehead atoms. The molecule has 0 radical (unpaired) electrons. The van der Waals surface area contributed by atoms with Crippen molar-refractivity contribution in [2.75, 3.05) is 14.2 Å². The molecule has 2 aromatic carbocycles. The highest BCUT2D eigenvalue weighted by Gasteiger charge is 2.35. The summed E-state index contributed by atoms with van der Waals surface area (Å²) in [5.41, 5.74) is 2.30. The molecule has 1 aliphatic carbocycles. The van der Waals surface area contributed by atoms with Crippen molar-refractivity contribution in [1.82, 2.24) is 4.90 Å². The quantitative estimate of drug-likeness (QED) is 0.856. The van der Waals surface area contributed by atoms with Gasteiger partial charge in [0.2, 0.25) is 0 Å². The molecule has 0 spiro atoms. The van der Waals surface area contributed by atoms with E-state index in [0.29, 0.717) is 0 Å². The Balaban J connectivity index is 1.67. The van der Waals surface area contributed by atoms with Gasteiger partial charge < -0.3 is 14.6 Å². The van der Waals surface area contributed by atoms with E-state index in [0.717, 1.165) is 48.4 Å². The summed E-state index contributed by atoms with van der Waals surface area (Å²) in [7, 11) is 3.76. The zero-order valence-electron chi connectivity index (χ0n) is 15.9. The van der Waals surface area contributed by atoms with E-state index in [9.17, 15) is 5.11 Å². The first-order valence-corrected chi connectivity index (χ1v) is 9.32. The highest BCUT2D eigenvalue weighted by Crippen LogP contribution is 2.29. The number of hydrogen-bond donors (Lipinski definition) is 1. The van der Waals surface area contributed by atoms with Crippen LogP contribution >= 0.6 is 0 Å². The largest absolute Gasteiger partial charge is 0.496 e. The molecule has 0 saturated heterocycles. The number of benzene rings is 2. The van der Waals surface area contributed by atoms with Gasteiger partial charge in [-0.25, -0.2) is 0 Å². The highest BCUT2D eigenvalue weighted by molar-refractivity contribution is 5.33. The lowest BCUT2D eigenvalue weighted by Crippen LogP contribution is -2.51. The monoisotopic (exact) mass is 355 g/mol. The van der Waals surface area contributed by atoms with Gasteiger partial charge in [0.1, 0.15) is 23.7 Å². The molecule has 3 rings (SSSR count). The second-order valence-corrected chi connectivity index (χ2v) is 7.19. The number of rotatable bonds is 6. The molecule has 0 aromatic heterocycles. The van der Waals surface area contributed by atoms with E-state index >= 15 is 0 Å². The predicted octanol–water partition coefficient (Wildman–Crippen LogP) is 3.80. The Morgan fingerprint density at radius 1 is 1.12 bits per heavy atom. The summed E-state index contributed by atoms with van der Waals surface area (Å²) in [6.45, 7) is 2.79. The van der Waals surface area contributed by atoms with Crippen LogP contribution < -0.4 is 9.47 Å². The van der Waals surface area contributed by atoms with E-state index < -0.39 is 6.10 Å². The molecule has 4 heteroatoms. The van der Waals surface area contributed by atoms with E-state index in [2.05, 4.69) is 18.0 Å². The van der Waals surface area contributed by atoms with Gasteiger partial charge in [-0.3, -0.25) is 4.90 Å². The van der Waals surface area contributed by atoms with Crippen molar-refractivity contribution in [2.45, 2.75) is 51.0 Å². The summed E-state index contributed by atoms with van der Waals surface area (Å²) >= 11 is 0. The molecular formula is C22H29NO3. The molecule has 0 unspecified atom stereocenters. The molecule has 0 heterocycles. The van der Waals surface area contributed by atoms with Gasteiger partial charge in [0.25, 0.3) is 0 Å². The second kappa shape index (κ2) is 8.56. The smallest absolute Gasteiger partial charge is 0.126 e. The maximum absolute atomic E-state index is 10.9. The summed E-state index contributed by atoms with van der Waals surface area (Å²) in [6, 6.07) is 16.1. The number of likely N-dealkylation sites (N-methyl/N-ethyl adjacent to an activating group) is 1. The predicted molar refractivity (Wildman–Crippen MR) is 104 cm³/mol. The maximum atomic E-state index is 10.9. The number of methoxy groups -OCH3 is 1. The van der Waals surface area contributed by atoms with Crippen molar-refractivity contribution in [3.63, 3.8) is 0 Å². The molecular weight excluding hydrogens is 326 g/mol. The average Bonchev–Trinajstić information content (AvgIpc) is 2.64. The molecule has 1 fully saturated rings. The van der Waals surface area contributed by atoms with Crippen LogP contribution in [0.15, 0.2) is 48.5 Å². The third kappa shape index (κ3) is 4.37. The van der Waals surface area contributed by atoms with Crippen molar-refractivity contribution in [2.24, 2.45) is 0 Å².